The molecule has 6 heteroatoms. The van der Waals surface area contributed by atoms with E-state index in [9.17, 15) is 0 Å². The van der Waals surface area contributed by atoms with Gasteiger partial charge >= 0.3 is 0 Å². The Balaban J connectivity index is 1.45. The maximum Gasteiger partial charge on any atom is 0.159 e. The minimum absolute atomic E-state index is 0.103. The molecule has 0 amide bonds. The van der Waals surface area contributed by atoms with Crippen LogP contribution in [-0.2, 0) is 0 Å². The summed E-state index contributed by atoms with van der Waals surface area (Å²) in [6, 6.07) is 21.1. The third-order valence-corrected chi connectivity index (χ3v) is 6.71. The molecule has 0 aliphatic carbocycles. The second-order valence-corrected chi connectivity index (χ2v) is 8.45. The van der Waals surface area contributed by atoms with Gasteiger partial charge in [0, 0.05) is 18.8 Å². The molecule has 1 N–H and O–H groups in total. The van der Waals surface area contributed by atoms with E-state index in [4.69, 9.17) is 12.2 Å². The van der Waals surface area contributed by atoms with Crippen molar-refractivity contribution in [2.75, 3.05) is 13.1 Å². The second-order valence-electron chi connectivity index (χ2n) is 8.07. The fourth-order valence-electron chi connectivity index (χ4n) is 4.58. The van der Waals surface area contributed by atoms with Crippen molar-refractivity contribution < 1.29 is 0 Å². The molecule has 0 radical (unpaired) electrons. The Morgan fingerprint density at radius 3 is 2.42 bits per heavy atom. The van der Waals surface area contributed by atoms with E-state index in [0.29, 0.717) is 16.2 Å². The first kappa shape index (κ1) is 19.7. The van der Waals surface area contributed by atoms with Gasteiger partial charge < -0.3 is 9.47 Å². The molecule has 5 rings (SSSR count). The first-order valence-electron chi connectivity index (χ1n) is 10.7. The minimum Gasteiger partial charge on any atom is -0.373 e. The topological polar surface area (TPSA) is 49.7 Å². The number of hydrogen-bond acceptors (Lipinski definition) is 4. The quantitative estimate of drug-likeness (QED) is 0.429. The van der Waals surface area contributed by atoms with Crippen LogP contribution in [0.2, 0.25) is 0 Å². The molecule has 31 heavy (non-hydrogen) atoms. The lowest BCUT2D eigenvalue weighted by molar-refractivity contribution is 0.245. The van der Waals surface area contributed by atoms with Crippen LogP contribution in [0.5, 0.6) is 0 Å². The molecule has 0 bridgehead atoms. The van der Waals surface area contributed by atoms with E-state index < -0.39 is 0 Å². The van der Waals surface area contributed by atoms with Crippen LogP contribution in [0.15, 0.2) is 85.5 Å². The van der Waals surface area contributed by atoms with Gasteiger partial charge in [0.1, 0.15) is 10.7 Å². The molecule has 1 unspecified atom stereocenters. The van der Waals surface area contributed by atoms with Crippen molar-refractivity contribution in [3.8, 4) is 0 Å². The number of nitrogens with one attached hydrogen (secondary N) is 1. The van der Waals surface area contributed by atoms with Gasteiger partial charge in [-0.3, -0.25) is 5.10 Å². The maximum atomic E-state index is 5.83. The molecular formula is C25H25N5S. The summed E-state index contributed by atoms with van der Waals surface area (Å²) < 4.78 is 2.77. The minimum atomic E-state index is -0.103. The van der Waals surface area contributed by atoms with Crippen molar-refractivity contribution in [3.63, 3.8) is 0 Å². The molecule has 5 nitrogen and oxygen atoms in total. The van der Waals surface area contributed by atoms with Gasteiger partial charge in [-0.15, -0.1) is 0 Å². The Hall–Kier alpha value is -3.25. The molecular weight excluding hydrogens is 402 g/mol. The fourth-order valence-corrected chi connectivity index (χ4v) is 4.88. The van der Waals surface area contributed by atoms with Gasteiger partial charge in [-0.2, -0.15) is 5.10 Å². The van der Waals surface area contributed by atoms with Crippen molar-refractivity contribution in [2.45, 2.75) is 24.8 Å². The second kappa shape index (κ2) is 8.47. The highest BCUT2D eigenvalue weighted by atomic mass is 32.1. The van der Waals surface area contributed by atoms with Gasteiger partial charge in [-0.05, 0) is 29.9 Å². The van der Waals surface area contributed by atoms with E-state index in [1.165, 1.54) is 5.56 Å². The summed E-state index contributed by atoms with van der Waals surface area (Å²) in [5.41, 5.74) is 4.35. The molecule has 1 aliphatic rings. The monoisotopic (exact) mass is 427 g/mol. The van der Waals surface area contributed by atoms with E-state index in [2.05, 4.69) is 81.3 Å². The Labute approximate surface area is 187 Å². The van der Waals surface area contributed by atoms with Crippen LogP contribution in [0.3, 0.4) is 0 Å². The average Bonchev–Trinajstić information content (AvgIpc) is 3.32. The predicted octanol–water partition coefficient (Wildman–Crippen LogP) is 5.47. The summed E-state index contributed by atoms with van der Waals surface area (Å²) in [6.45, 7) is 6.51. The molecule has 1 atom stereocenters. The molecule has 156 valence electrons. The van der Waals surface area contributed by atoms with Crippen molar-refractivity contribution in [1.82, 2.24) is 24.6 Å². The molecule has 4 aromatic rings. The predicted molar refractivity (Wildman–Crippen MR) is 126 cm³/mol. The SMILES string of the molecule is C=C(C(c1ccccc1)n1cnc2[nH]ncc2c1=S)N1CCC(c2ccccc2)CC1. The third kappa shape index (κ3) is 3.79. The lowest BCUT2D eigenvalue weighted by atomic mass is 9.89. The average molecular weight is 428 g/mol. The summed E-state index contributed by atoms with van der Waals surface area (Å²) in [7, 11) is 0. The summed E-state index contributed by atoms with van der Waals surface area (Å²) in [5, 5.41) is 7.87. The zero-order chi connectivity index (χ0) is 21.2. The number of nitrogens with zero attached hydrogens (tertiary/aromatic N) is 4. The van der Waals surface area contributed by atoms with Gasteiger partial charge in [-0.25, -0.2) is 4.98 Å². The molecule has 1 fully saturated rings. The largest absolute Gasteiger partial charge is 0.373 e. The fraction of sp³-hybridized carbons (Fsp3) is 0.240. The van der Waals surface area contributed by atoms with E-state index in [1.807, 2.05) is 17.0 Å². The lowest BCUT2D eigenvalue weighted by Gasteiger charge is -2.38. The van der Waals surface area contributed by atoms with E-state index in [0.717, 1.165) is 42.6 Å². The number of hydrogen-bond donors (Lipinski definition) is 1. The molecule has 2 aromatic heterocycles. The first-order chi connectivity index (χ1) is 15.2. The van der Waals surface area contributed by atoms with Crippen LogP contribution in [-0.4, -0.2) is 37.7 Å². The maximum absolute atomic E-state index is 5.83. The number of likely N-dealkylation sites (tertiary alicyclic amines) is 1. The smallest absolute Gasteiger partial charge is 0.159 e. The van der Waals surface area contributed by atoms with Crippen LogP contribution in [0.4, 0.5) is 0 Å². The zero-order valence-corrected chi connectivity index (χ0v) is 18.1. The number of fused-ring (bicyclic) bond motifs is 1. The van der Waals surface area contributed by atoms with E-state index in [1.54, 1.807) is 6.20 Å². The summed E-state index contributed by atoms with van der Waals surface area (Å²) in [5.74, 6) is 0.603. The summed E-state index contributed by atoms with van der Waals surface area (Å²) in [6.07, 6.45) is 5.80. The highest BCUT2D eigenvalue weighted by Crippen LogP contribution is 2.34. The van der Waals surface area contributed by atoms with Crippen LogP contribution < -0.4 is 0 Å². The highest BCUT2D eigenvalue weighted by molar-refractivity contribution is 7.71. The number of rotatable bonds is 5. The number of benzene rings is 2. The lowest BCUT2D eigenvalue weighted by Crippen LogP contribution is -2.35. The number of H-pyrrole nitrogens is 1. The van der Waals surface area contributed by atoms with Crippen LogP contribution >= 0.6 is 12.2 Å². The standard InChI is InChI=1S/C25H25N5S/c1-18(29-14-12-20(13-15-29)19-8-4-2-5-9-19)23(21-10-6-3-7-11-21)30-17-26-24-22(25(30)31)16-27-28-24/h2-11,16-17,20,23H,1,12-15H2,(H,27,28). The molecule has 1 saturated heterocycles. The van der Waals surface area contributed by atoms with Gasteiger partial charge in [0.2, 0.25) is 0 Å². The van der Waals surface area contributed by atoms with Gasteiger partial charge in [0.15, 0.2) is 5.65 Å². The number of allylic oxidation sites excluding steroid dienone is 1. The van der Waals surface area contributed by atoms with Crippen LogP contribution in [0, 0.1) is 4.64 Å². The van der Waals surface area contributed by atoms with Gasteiger partial charge in [-0.1, -0.05) is 79.5 Å². The van der Waals surface area contributed by atoms with Crippen LogP contribution in [0.25, 0.3) is 11.0 Å². The van der Waals surface area contributed by atoms with E-state index >= 15 is 0 Å². The Morgan fingerprint density at radius 2 is 1.71 bits per heavy atom. The first-order valence-corrected chi connectivity index (χ1v) is 11.1. The highest BCUT2D eigenvalue weighted by Gasteiger charge is 2.27. The molecule has 1 aliphatic heterocycles. The van der Waals surface area contributed by atoms with Crippen molar-refractivity contribution >= 4 is 23.3 Å². The number of aromatic amines is 1. The van der Waals surface area contributed by atoms with Gasteiger partial charge in [0.25, 0.3) is 0 Å². The third-order valence-electron chi connectivity index (χ3n) is 6.28. The Kier molecular flexibility index (Phi) is 5.38. The summed E-state index contributed by atoms with van der Waals surface area (Å²) >= 11 is 5.83. The molecule has 0 spiro atoms. The van der Waals surface area contributed by atoms with Gasteiger partial charge in [0.05, 0.1) is 17.9 Å². The number of piperidine rings is 1. The van der Waals surface area contributed by atoms with E-state index in [-0.39, 0.29) is 6.04 Å². The normalized spacial score (nSPS) is 15.8. The summed E-state index contributed by atoms with van der Waals surface area (Å²) in [4.78, 5) is 6.96. The molecule has 0 saturated carbocycles. The van der Waals surface area contributed by atoms with Crippen molar-refractivity contribution in [3.05, 3.63) is 101 Å². The Morgan fingerprint density at radius 1 is 1.03 bits per heavy atom. The van der Waals surface area contributed by atoms with Crippen molar-refractivity contribution in [2.24, 2.45) is 0 Å². The molecule has 2 aromatic carbocycles. The number of aromatic nitrogens is 4. The van der Waals surface area contributed by atoms with Crippen LogP contribution in [0.1, 0.15) is 35.9 Å². The van der Waals surface area contributed by atoms with Crippen molar-refractivity contribution in [1.29, 1.82) is 0 Å². The zero-order valence-electron chi connectivity index (χ0n) is 17.3. The molecule has 3 heterocycles. The Bertz CT molecular complexity index is 1240.